The van der Waals surface area contributed by atoms with E-state index < -0.39 is 0 Å². The van der Waals surface area contributed by atoms with Crippen molar-refractivity contribution in [2.75, 3.05) is 0 Å². The summed E-state index contributed by atoms with van der Waals surface area (Å²) in [6, 6.07) is 9.10. The number of hydrogen-bond acceptors (Lipinski definition) is 3. The topological polar surface area (TPSA) is 54.9 Å². The average Bonchev–Trinajstić information content (AvgIpc) is 2.44. The summed E-state index contributed by atoms with van der Waals surface area (Å²) in [6.45, 7) is 4.38. The molecular weight excluding hydrogens is 286 g/mol. The van der Waals surface area contributed by atoms with Crippen molar-refractivity contribution < 1.29 is 4.79 Å². The molecule has 0 aliphatic rings. The van der Waals surface area contributed by atoms with Gasteiger partial charge in [0.05, 0.1) is 12.2 Å². The van der Waals surface area contributed by atoms with Crippen LogP contribution in [0.4, 0.5) is 0 Å². The Bertz CT molecular complexity index is 643. The molecule has 1 N–H and O–H groups in total. The number of pyridine rings is 2. The van der Waals surface area contributed by atoms with E-state index in [1.807, 2.05) is 25.1 Å². The van der Waals surface area contributed by atoms with Gasteiger partial charge in [-0.15, -0.1) is 0 Å². The van der Waals surface area contributed by atoms with Gasteiger partial charge in [0, 0.05) is 17.0 Å². The first kappa shape index (κ1) is 15.4. The zero-order chi connectivity index (χ0) is 15.2. The van der Waals surface area contributed by atoms with Crippen LogP contribution in [-0.2, 0) is 13.0 Å². The van der Waals surface area contributed by atoms with E-state index >= 15 is 0 Å². The lowest BCUT2D eigenvalue weighted by Crippen LogP contribution is -2.23. The van der Waals surface area contributed by atoms with Crippen molar-refractivity contribution in [2.45, 2.75) is 33.2 Å². The largest absolute Gasteiger partial charge is 0.346 e. The maximum atomic E-state index is 12.2. The van der Waals surface area contributed by atoms with Crippen molar-refractivity contribution >= 4 is 17.5 Å². The molecule has 0 aliphatic carbocycles. The molecule has 110 valence electrons. The normalized spacial score (nSPS) is 10.4. The van der Waals surface area contributed by atoms with Gasteiger partial charge in [0.2, 0.25) is 0 Å². The van der Waals surface area contributed by atoms with Crippen LogP contribution in [0.15, 0.2) is 30.3 Å². The number of nitrogens with zero attached hydrogens (tertiary/aromatic N) is 2. The Balaban J connectivity index is 2.06. The third kappa shape index (κ3) is 4.53. The van der Waals surface area contributed by atoms with Gasteiger partial charge in [0.25, 0.3) is 5.91 Å². The first-order chi connectivity index (χ1) is 10.1. The van der Waals surface area contributed by atoms with E-state index in [-0.39, 0.29) is 5.91 Å². The van der Waals surface area contributed by atoms with Crippen LogP contribution in [-0.4, -0.2) is 15.9 Å². The van der Waals surface area contributed by atoms with Gasteiger partial charge < -0.3 is 5.32 Å². The van der Waals surface area contributed by atoms with Crippen molar-refractivity contribution in [3.05, 3.63) is 58.1 Å². The molecule has 0 saturated heterocycles. The second-order valence-electron chi connectivity index (χ2n) is 4.87. The molecule has 2 aromatic rings. The number of carbonyl (C=O) groups excluding carboxylic acids is 1. The number of rotatable bonds is 5. The molecule has 2 rings (SSSR count). The summed E-state index contributed by atoms with van der Waals surface area (Å²) in [5.74, 6) is -0.167. The van der Waals surface area contributed by atoms with E-state index in [0.717, 1.165) is 29.9 Å². The number of halogens is 1. The van der Waals surface area contributed by atoms with Crippen LogP contribution >= 0.6 is 11.6 Å². The van der Waals surface area contributed by atoms with E-state index in [2.05, 4.69) is 22.2 Å². The Hall–Kier alpha value is -1.94. The highest BCUT2D eigenvalue weighted by Gasteiger charge is 2.09. The van der Waals surface area contributed by atoms with Gasteiger partial charge in [-0.25, -0.2) is 4.98 Å². The Kier molecular flexibility index (Phi) is 5.28. The van der Waals surface area contributed by atoms with Crippen LogP contribution in [0.5, 0.6) is 0 Å². The second kappa shape index (κ2) is 7.18. The van der Waals surface area contributed by atoms with Gasteiger partial charge in [0.15, 0.2) is 0 Å². The molecule has 5 heteroatoms. The smallest absolute Gasteiger partial charge is 0.251 e. The molecule has 0 spiro atoms. The van der Waals surface area contributed by atoms with E-state index in [1.54, 1.807) is 12.1 Å². The Morgan fingerprint density at radius 3 is 2.76 bits per heavy atom. The predicted octanol–water partition coefficient (Wildman–Crippen LogP) is 3.32. The van der Waals surface area contributed by atoms with Gasteiger partial charge in [0.1, 0.15) is 5.15 Å². The molecule has 0 aromatic carbocycles. The minimum atomic E-state index is -0.167. The zero-order valence-corrected chi connectivity index (χ0v) is 12.9. The molecule has 0 bridgehead atoms. The fourth-order valence-electron chi connectivity index (χ4n) is 2.04. The number of aromatic nitrogens is 2. The third-order valence-corrected chi connectivity index (χ3v) is 3.19. The number of carbonyl (C=O) groups is 1. The molecule has 0 aliphatic heterocycles. The molecular formula is C16H18ClN3O. The maximum Gasteiger partial charge on any atom is 0.251 e. The summed E-state index contributed by atoms with van der Waals surface area (Å²) >= 11 is 5.96. The SMILES string of the molecule is CCCc1cc(C(=O)NCc2cccc(C)n2)cc(Cl)n1. The molecule has 0 atom stereocenters. The molecule has 1 amide bonds. The molecule has 0 fully saturated rings. The molecule has 2 aromatic heterocycles. The van der Waals surface area contributed by atoms with Crippen molar-refractivity contribution in [1.29, 1.82) is 0 Å². The molecule has 0 radical (unpaired) electrons. The summed E-state index contributed by atoms with van der Waals surface area (Å²) in [5, 5.41) is 3.20. The quantitative estimate of drug-likeness (QED) is 0.862. The zero-order valence-electron chi connectivity index (χ0n) is 12.2. The van der Waals surface area contributed by atoms with Crippen LogP contribution in [0.1, 0.15) is 40.8 Å². The van der Waals surface area contributed by atoms with Gasteiger partial charge >= 0.3 is 0 Å². The molecule has 21 heavy (non-hydrogen) atoms. The Morgan fingerprint density at radius 1 is 1.24 bits per heavy atom. The lowest BCUT2D eigenvalue weighted by molar-refractivity contribution is 0.0950. The highest BCUT2D eigenvalue weighted by Crippen LogP contribution is 2.12. The van der Waals surface area contributed by atoms with E-state index in [1.165, 1.54) is 0 Å². The fourth-order valence-corrected chi connectivity index (χ4v) is 2.26. The maximum absolute atomic E-state index is 12.2. The first-order valence-corrected chi connectivity index (χ1v) is 7.33. The Labute approximate surface area is 129 Å². The van der Waals surface area contributed by atoms with E-state index in [9.17, 15) is 4.79 Å². The summed E-state index contributed by atoms with van der Waals surface area (Å²) in [4.78, 5) is 20.7. The van der Waals surface area contributed by atoms with Gasteiger partial charge in [-0.3, -0.25) is 9.78 Å². The second-order valence-corrected chi connectivity index (χ2v) is 5.26. The number of amides is 1. The van der Waals surface area contributed by atoms with Crippen molar-refractivity contribution in [2.24, 2.45) is 0 Å². The number of aryl methyl sites for hydroxylation is 2. The van der Waals surface area contributed by atoms with E-state index in [4.69, 9.17) is 11.6 Å². The van der Waals surface area contributed by atoms with Crippen LogP contribution < -0.4 is 5.32 Å². The summed E-state index contributed by atoms with van der Waals surface area (Å²) in [7, 11) is 0. The summed E-state index contributed by atoms with van der Waals surface area (Å²) < 4.78 is 0. The molecule has 0 saturated carbocycles. The van der Waals surface area contributed by atoms with Crippen molar-refractivity contribution in [3.63, 3.8) is 0 Å². The number of hydrogen-bond donors (Lipinski definition) is 1. The Morgan fingerprint density at radius 2 is 2.05 bits per heavy atom. The van der Waals surface area contributed by atoms with Crippen LogP contribution in [0.25, 0.3) is 0 Å². The monoisotopic (exact) mass is 303 g/mol. The van der Waals surface area contributed by atoms with E-state index in [0.29, 0.717) is 17.3 Å². The van der Waals surface area contributed by atoms with Gasteiger partial charge in [-0.1, -0.05) is 31.0 Å². The first-order valence-electron chi connectivity index (χ1n) is 6.95. The number of nitrogens with one attached hydrogen (secondary N) is 1. The minimum Gasteiger partial charge on any atom is -0.346 e. The molecule has 0 unspecified atom stereocenters. The molecule has 4 nitrogen and oxygen atoms in total. The third-order valence-electron chi connectivity index (χ3n) is 2.99. The van der Waals surface area contributed by atoms with Crippen molar-refractivity contribution in [1.82, 2.24) is 15.3 Å². The van der Waals surface area contributed by atoms with Crippen molar-refractivity contribution in [3.8, 4) is 0 Å². The van der Waals surface area contributed by atoms with Gasteiger partial charge in [-0.05, 0) is 37.6 Å². The average molecular weight is 304 g/mol. The lowest BCUT2D eigenvalue weighted by Gasteiger charge is -2.07. The summed E-state index contributed by atoms with van der Waals surface area (Å²) in [5.41, 5.74) is 3.13. The van der Waals surface area contributed by atoms with Gasteiger partial charge in [-0.2, -0.15) is 0 Å². The standard InChI is InChI=1S/C16H18ClN3O/c1-3-5-13-8-12(9-15(17)20-13)16(21)18-10-14-7-4-6-11(2)19-14/h4,6-9H,3,5,10H2,1-2H3,(H,18,21). The van der Waals surface area contributed by atoms with Crippen LogP contribution in [0.3, 0.4) is 0 Å². The fraction of sp³-hybridized carbons (Fsp3) is 0.312. The van der Waals surface area contributed by atoms with Crippen LogP contribution in [0.2, 0.25) is 5.15 Å². The molecule has 2 heterocycles. The minimum absolute atomic E-state index is 0.167. The van der Waals surface area contributed by atoms with Crippen LogP contribution in [0, 0.1) is 6.92 Å². The summed E-state index contributed by atoms with van der Waals surface area (Å²) in [6.07, 6.45) is 1.77. The highest BCUT2D eigenvalue weighted by molar-refractivity contribution is 6.29. The predicted molar refractivity (Wildman–Crippen MR) is 83.4 cm³/mol. The highest BCUT2D eigenvalue weighted by atomic mass is 35.5. The lowest BCUT2D eigenvalue weighted by atomic mass is 10.1.